The van der Waals surface area contributed by atoms with Crippen LogP contribution < -0.4 is 14.4 Å². The maximum absolute atomic E-state index is 13.5. The van der Waals surface area contributed by atoms with Crippen LogP contribution in [0.25, 0.3) is 0 Å². The fourth-order valence-corrected chi connectivity index (χ4v) is 3.87. The second-order valence-corrected chi connectivity index (χ2v) is 7.06. The zero-order valence-electron chi connectivity index (χ0n) is 16.2. The number of amides is 1. The van der Waals surface area contributed by atoms with E-state index < -0.39 is 18.0 Å². The Kier molecular flexibility index (Phi) is 5.87. The maximum atomic E-state index is 13.5. The van der Waals surface area contributed by atoms with E-state index in [1.54, 1.807) is 43.3 Å². The summed E-state index contributed by atoms with van der Waals surface area (Å²) in [4.78, 5) is 25.8. The molecule has 2 aromatic carbocycles. The molecule has 0 spiro atoms. The molecule has 0 heterocycles. The molecule has 6 heteroatoms. The molecule has 28 heavy (non-hydrogen) atoms. The lowest BCUT2D eigenvalue weighted by molar-refractivity contribution is -0.139. The summed E-state index contributed by atoms with van der Waals surface area (Å²) in [6.45, 7) is -0.396. The van der Waals surface area contributed by atoms with Gasteiger partial charge in [0, 0.05) is 12.7 Å². The van der Waals surface area contributed by atoms with Crippen LogP contribution >= 0.6 is 0 Å². The van der Waals surface area contributed by atoms with E-state index in [1.807, 2.05) is 24.3 Å². The Hall–Kier alpha value is -3.02. The molecule has 1 amide bonds. The number of methoxy groups -OCH3 is 1. The van der Waals surface area contributed by atoms with Crippen molar-refractivity contribution in [2.45, 2.75) is 31.1 Å². The summed E-state index contributed by atoms with van der Waals surface area (Å²) in [5.41, 5.74) is 1.17. The summed E-state index contributed by atoms with van der Waals surface area (Å²) in [6.07, 6.45) is 3.64. The molecule has 0 saturated heterocycles. The van der Waals surface area contributed by atoms with Crippen molar-refractivity contribution < 1.29 is 24.2 Å². The van der Waals surface area contributed by atoms with Crippen LogP contribution in [0.4, 0.5) is 5.69 Å². The largest absolute Gasteiger partial charge is 0.497 e. The quantitative estimate of drug-likeness (QED) is 0.790. The minimum absolute atomic E-state index is 0.0532. The summed E-state index contributed by atoms with van der Waals surface area (Å²) in [7, 11) is 3.40. The maximum Gasteiger partial charge on any atom is 0.341 e. The van der Waals surface area contributed by atoms with Gasteiger partial charge in [-0.2, -0.15) is 0 Å². The molecule has 0 aliphatic heterocycles. The predicted molar refractivity (Wildman–Crippen MR) is 106 cm³/mol. The molecule has 1 aliphatic carbocycles. The van der Waals surface area contributed by atoms with Crippen molar-refractivity contribution in [3.63, 3.8) is 0 Å². The van der Waals surface area contributed by atoms with Crippen LogP contribution in [-0.2, 0) is 15.0 Å². The van der Waals surface area contributed by atoms with Gasteiger partial charge in [-0.05, 0) is 54.8 Å². The van der Waals surface area contributed by atoms with Gasteiger partial charge in [0.2, 0.25) is 5.91 Å². The van der Waals surface area contributed by atoms with Crippen LogP contribution in [0.1, 0.15) is 31.2 Å². The third kappa shape index (κ3) is 3.96. The molecule has 0 radical (unpaired) electrons. The number of benzene rings is 2. The molecule has 0 atom stereocenters. The van der Waals surface area contributed by atoms with Crippen LogP contribution in [0.15, 0.2) is 48.5 Å². The molecule has 2 aromatic rings. The zero-order chi connectivity index (χ0) is 20.1. The first-order chi connectivity index (χ1) is 13.5. The zero-order valence-corrected chi connectivity index (χ0v) is 16.2. The lowest BCUT2D eigenvalue weighted by atomic mass is 9.77. The summed E-state index contributed by atoms with van der Waals surface area (Å²) in [5, 5.41) is 8.70. The molecule has 1 aliphatic rings. The Labute approximate surface area is 164 Å². The highest BCUT2D eigenvalue weighted by molar-refractivity contribution is 6.01. The summed E-state index contributed by atoms with van der Waals surface area (Å²) >= 11 is 0. The first-order valence-electron chi connectivity index (χ1n) is 9.33. The Balaban J connectivity index is 1.84. The van der Waals surface area contributed by atoms with Gasteiger partial charge in [0.15, 0.2) is 6.61 Å². The van der Waals surface area contributed by atoms with Crippen molar-refractivity contribution in [2.24, 2.45) is 0 Å². The molecular formula is C22H25NO5. The number of carboxylic acid groups (broad SMARTS) is 1. The molecule has 148 valence electrons. The van der Waals surface area contributed by atoms with Gasteiger partial charge in [-0.1, -0.05) is 25.0 Å². The van der Waals surface area contributed by atoms with E-state index >= 15 is 0 Å². The third-order valence-electron chi connectivity index (χ3n) is 5.38. The van der Waals surface area contributed by atoms with E-state index in [0.29, 0.717) is 5.75 Å². The molecule has 3 rings (SSSR count). The highest BCUT2D eigenvalue weighted by Gasteiger charge is 2.44. The van der Waals surface area contributed by atoms with Crippen molar-refractivity contribution in [2.75, 3.05) is 25.7 Å². The Morgan fingerprint density at radius 3 is 2.36 bits per heavy atom. The Morgan fingerprint density at radius 1 is 1.07 bits per heavy atom. The van der Waals surface area contributed by atoms with Gasteiger partial charge in [0.1, 0.15) is 11.5 Å². The minimum Gasteiger partial charge on any atom is -0.497 e. The first-order valence-corrected chi connectivity index (χ1v) is 9.33. The smallest absolute Gasteiger partial charge is 0.341 e. The highest BCUT2D eigenvalue weighted by Crippen LogP contribution is 2.44. The van der Waals surface area contributed by atoms with E-state index in [0.717, 1.165) is 42.7 Å². The molecule has 1 saturated carbocycles. The van der Waals surface area contributed by atoms with Gasteiger partial charge < -0.3 is 19.5 Å². The lowest BCUT2D eigenvalue weighted by Crippen LogP contribution is -2.43. The van der Waals surface area contributed by atoms with Crippen LogP contribution in [0, 0.1) is 0 Å². The predicted octanol–water partition coefficient (Wildman–Crippen LogP) is 3.63. The van der Waals surface area contributed by atoms with E-state index in [-0.39, 0.29) is 5.91 Å². The molecule has 1 N–H and O–H groups in total. The van der Waals surface area contributed by atoms with Gasteiger partial charge >= 0.3 is 5.97 Å². The van der Waals surface area contributed by atoms with E-state index in [2.05, 4.69) is 0 Å². The van der Waals surface area contributed by atoms with Crippen LogP contribution in [0.3, 0.4) is 0 Å². The highest BCUT2D eigenvalue weighted by atomic mass is 16.5. The molecular weight excluding hydrogens is 358 g/mol. The standard InChI is InChI=1S/C22H25NO5/c1-23(17-8-10-18(11-9-17)28-15-20(24)25)21(26)22(12-3-4-13-22)16-6-5-7-19(14-16)27-2/h5-11,14H,3-4,12-13,15H2,1-2H3,(H,24,25). The normalized spacial score (nSPS) is 15.1. The number of rotatable bonds is 7. The lowest BCUT2D eigenvalue weighted by Gasteiger charge is -2.33. The number of carbonyl (C=O) groups is 2. The molecule has 0 unspecified atom stereocenters. The number of carboxylic acids is 1. The summed E-state index contributed by atoms with van der Waals surface area (Å²) in [6, 6.07) is 14.7. The monoisotopic (exact) mass is 383 g/mol. The first kappa shape index (κ1) is 19.7. The van der Waals surface area contributed by atoms with Gasteiger partial charge in [-0.15, -0.1) is 0 Å². The van der Waals surface area contributed by atoms with Crippen molar-refractivity contribution in [3.8, 4) is 11.5 Å². The summed E-state index contributed by atoms with van der Waals surface area (Å²) in [5.74, 6) is 0.227. The number of carbonyl (C=O) groups excluding carboxylic acids is 1. The summed E-state index contributed by atoms with van der Waals surface area (Å²) < 4.78 is 10.5. The van der Waals surface area contributed by atoms with E-state index in [9.17, 15) is 9.59 Å². The second-order valence-electron chi connectivity index (χ2n) is 7.06. The number of aliphatic carboxylic acids is 1. The topological polar surface area (TPSA) is 76.1 Å². The van der Waals surface area contributed by atoms with Gasteiger partial charge in [-0.25, -0.2) is 4.79 Å². The number of nitrogens with zero attached hydrogens (tertiary/aromatic N) is 1. The van der Waals surface area contributed by atoms with Crippen LogP contribution in [-0.4, -0.2) is 37.7 Å². The SMILES string of the molecule is COc1cccc(C2(C(=O)N(C)c3ccc(OCC(=O)O)cc3)CCCC2)c1. The Morgan fingerprint density at radius 2 is 1.75 bits per heavy atom. The number of likely N-dealkylation sites (N-methyl/N-ethyl adjacent to an activating group) is 1. The van der Waals surface area contributed by atoms with Crippen LogP contribution in [0.2, 0.25) is 0 Å². The van der Waals surface area contributed by atoms with E-state index in [4.69, 9.17) is 14.6 Å². The van der Waals surface area contributed by atoms with Crippen molar-refractivity contribution in [1.29, 1.82) is 0 Å². The Bertz CT molecular complexity index is 840. The number of hydrogen-bond acceptors (Lipinski definition) is 4. The molecule has 0 bridgehead atoms. The molecule has 0 aromatic heterocycles. The fourth-order valence-electron chi connectivity index (χ4n) is 3.87. The average molecular weight is 383 g/mol. The number of anilines is 1. The number of ether oxygens (including phenoxy) is 2. The minimum atomic E-state index is -1.03. The number of hydrogen-bond donors (Lipinski definition) is 1. The van der Waals surface area contributed by atoms with Gasteiger partial charge in [0.25, 0.3) is 0 Å². The average Bonchev–Trinajstić information content (AvgIpc) is 3.22. The third-order valence-corrected chi connectivity index (χ3v) is 5.38. The van der Waals surface area contributed by atoms with Crippen molar-refractivity contribution in [1.82, 2.24) is 0 Å². The molecule has 6 nitrogen and oxygen atoms in total. The van der Waals surface area contributed by atoms with Gasteiger partial charge in [0.05, 0.1) is 12.5 Å². The van der Waals surface area contributed by atoms with Gasteiger partial charge in [-0.3, -0.25) is 4.79 Å². The van der Waals surface area contributed by atoms with Crippen molar-refractivity contribution >= 4 is 17.6 Å². The van der Waals surface area contributed by atoms with Crippen molar-refractivity contribution in [3.05, 3.63) is 54.1 Å². The fraction of sp³-hybridized carbons (Fsp3) is 0.364. The molecule has 1 fully saturated rings. The van der Waals surface area contributed by atoms with Crippen LogP contribution in [0.5, 0.6) is 11.5 Å². The second kappa shape index (κ2) is 8.33. The van der Waals surface area contributed by atoms with E-state index in [1.165, 1.54) is 0 Å².